The van der Waals surface area contributed by atoms with Crippen molar-refractivity contribution < 1.29 is 9.47 Å². The summed E-state index contributed by atoms with van der Waals surface area (Å²) in [6.45, 7) is 0.656. The van der Waals surface area contributed by atoms with Gasteiger partial charge in [0.2, 0.25) is 0 Å². The molecule has 0 bridgehead atoms. The van der Waals surface area contributed by atoms with Gasteiger partial charge in [0.05, 0.1) is 26.1 Å². The lowest BCUT2D eigenvalue weighted by Gasteiger charge is -2.13. The lowest BCUT2D eigenvalue weighted by molar-refractivity contribution is 0.354. The lowest BCUT2D eigenvalue weighted by atomic mass is 10.1. The fourth-order valence-electron chi connectivity index (χ4n) is 2.57. The third-order valence-electron chi connectivity index (χ3n) is 3.96. The summed E-state index contributed by atoms with van der Waals surface area (Å²) in [7, 11) is 3.24. The van der Waals surface area contributed by atoms with E-state index in [0.29, 0.717) is 35.4 Å². The molecule has 0 spiro atoms. The second kappa shape index (κ2) is 8.70. The van der Waals surface area contributed by atoms with E-state index in [9.17, 15) is 0 Å². The van der Waals surface area contributed by atoms with E-state index >= 15 is 0 Å². The van der Waals surface area contributed by atoms with Crippen LogP contribution in [0.4, 0.5) is 23.0 Å². The Kier molecular flexibility index (Phi) is 5.88. The van der Waals surface area contributed by atoms with Gasteiger partial charge >= 0.3 is 0 Å². The molecule has 27 heavy (non-hydrogen) atoms. The molecule has 4 N–H and O–H groups in total. The molecule has 0 saturated heterocycles. The second-order valence-electron chi connectivity index (χ2n) is 5.72. The van der Waals surface area contributed by atoms with Crippen molar-refractivity contribution in [2.45, 2.75) is 6.42 Å². The number of ether oxygens (including phenoxy) is 2. The fourth-order valence-corrected chi connectivity index (χ4v) is 2.57. The van der Waals surface area contributed by atoms with Crippen LogP contribution < -0.4 is 25.8 Å². The second-order valence-corrected chi connectivity index (χ2v) is 5.72. The molecule has 8 nitrogen and oxygen atoms in total. The van der Waals surface area contributed by atoms with Gasteiger partial charge in [-0.1, -0.05) is 6.07 Å². The number of methoxy groups -OCH3 is 2. The minimum atomic E-state index is 0.452. The molecule has 3 rings (SSSR count). The van der Waals surface area contributed by atoms with Crippen molar-refractivity contribution in [1.82, 2.24) is 15.0 Å². The van der Waals surface area contributed by atoms with Crippen molar-refractivity contribution in [3.63, 3.8) is 0 Å². The monoisotopic (exact) mass is 366 g/mol. The number of nitrogens with two attached hydrogens (primary N) is 1. The van der Waals surface area contributed by atoms with Crippen LogP contribution in [0.25, 0.3) is 0 Å². The average molecular weight is 366 g/mol. The molecular formula is C19H22N6O2. The standard InChI is InChI=1S/C19H22N6O2/c1-26-15-6-5-13(10-16(15)27-2)7-9-22-18-17(20)19(24-12-23-18)25-14-4-3-8-21-11-14/h3-6,8,10-12H,7,9,20H2,1-2H3,(H2,22,23,24,25). The molecule has 0 amide bonds. The van der Waals surface area contributed by atoms with Gasteiger partial charge in [-0.3, -0.25) is 4.98 Å². The van der Waals surface area contributed by atoms with Crippen molar-refractivity contribution in [3.05, 3.63) is 54.6 Å². The van der Waals surface area contributed by atoms with Crippen molar-refractivity contribution in [1.29, 1.82) is 0 Å². The normalized spacial score (nSPS) is 10.3. The number of nitrogen functional groups attached to an aromatic ring is 1. The van der Waals surface area contributed by atoms with Crippen molar-refractivity contribution >= 4 is 23.0 Å². The molecule has 2 aromatic heterocycles. The maximum absolute atomic E-state index is 6.19. The van der Waals surface area contributed by atoms with Crippen LogP contribution in [-0.4, -0.2) is 35.7 Å². The maximum atomic E-state index is 6.19. The summed E-state index contributed by atoms with van der Waals surface area (Å²) in [5.74, 6) is 2.53. The molecule has 0 saturated carbocycles. The molecule has 1 aromatic carbocycles. The topological polar surface area (TPSA) is 107 Å². The maximum Gasteiger partial charge on any atom is 0.160 e. The van der Waals surface area contributed by atoms with Crippen LogP contribution in [0.15, 0.2) is 49.1 Å². The van der Waals surface area contributed by atoms with Crippen LogP contribution in [0.3, 0.4) is 0 Å². The molecule has 140 valence electrons. The Balaban J connectivity index is 1.64. The Morgan fingerprint density at radius 2 is 1.85 bits per heavy atom. The van der Waals surface area contributed by atoms with E-state index in [-0.39, 0.29) is 0 Å². The molecule has 0 radical (unpaired) electrons. The number of nitrogens with one attached hydrogen (secondary N) is 2. The van der Waals surface area contributed by atoms with Crippen LogP contribution in [0.1, 0.15) is 5.56 Å². The minimum Gasteiger partial charge on any atom is -0.493 e. The average Bonchev–Trinajstić information content (AvgIpc) is 2.71. The highest BCUT2D eigenvalue weighted by atomic mass is 16.5. The van der Waals surface area contributed by atoms with E-state index in [1.807, 2.05) is 30.3 Å². The molecule has 8 heteroatoms. The molecule has 0 aliphatic rings. The first-order valence-electron chi connectivity index (χ1n) is 8.43. The zero-order chi connectivity index (χ0) is 19.1. The smallest absolute Gasteiger partial charge is 0.160 e. The number of pyridine rings is 1. The zero-order valence-electron chi connectivity index (χ0n) is 15.3. The number of rotatable bonds is 8. The highest BCUT2D eigenvalue weighted by molar-refractivity contribution is 5.77. The van der Waals surface area contributed by atoms with E-state index in [2.05, 4.69) is 25.6 Å². The van der Waals surface area contributed by atoms with E-state index in [4.69, 9.17) is 15.2 Å². The van der Waals surface area contributed by atoms with Crippen LogP contribution in [-0.2, 0) is 6.42 Å². The van der Waals surface area contributed by atoms with E-state index in [1.165, 1.54) is 6.33 Å². The first kappa shape index (κ1) is 18.2. The molecule has 0 aliphatic heterocycles. The Hall–Kier alpha value is -3.55. The number of benzene rings is 1. The first-order chi connectivity index (χ1) is 13.2. The van der Waals surface area contributed by atoms with Gasteiger partial charge in [-0.05, 0) is 36.2 Å². The molecule has 0 unspecified atom stereocenters. The molecule has 0 atom stereocenters. The van der Waals surface area contributed by atoms with Crippen LogP contribution in [0.5, 0.6) is 11.5 Å². The van der Waals surface area contributed by atoms with Gasteiger partial charge in [-0.15, -0.1) is 0 Å². The minimum absolute atomic E-state index is 0.452. The summed E-state index contributed by atoms with van der Waals surface area (Å²) < 4.78 is 10.6. The summed E-state index contributed by atoms with van der Waals surface area (Å²) >= 11 is 0. The van der Waals surface area contributed by atoms with Crippen LogP contribution in [0, 0.1) is 0 Å². The predicted octanol–water partition coefficient (Wildman–Crippen LogP) is 2.87. The summed E-state index contributed by atoms with van der Waals surface area (Å²) in [5.41, 5.74) is 8.56. The van der Waals surface area contributed by atoms with Crippen molar-refractivity contribution in [2.24, 2.45) is 0 Å². The molecule has 2 heterocycles. The Bertz CT molecular complexity index is 889. The van der Waals surface area contributed by atoms with Gasteiger partial charge in [-0.2, -0.15) is 0 Å². The first-order valence-corrected chi connectivity index (χ1v) is 8.43. The molecule has 0 fully saturated rings. The summed E-state index contributed by atoms with van der Waals surface area (Å²) in [4.78, 5) is 12.5. The van der Waals surface area contributed by atoms with Crippen LogP contribution in [0.2, 0.25) is 0 Å². The van der Waals surface area contributed by atoms with E-state index in [1.54, 1.807) is 26.6 Å². The Morgan fingerprint density at radius 1 is 1.04 bits per heavy atom. The fraction of sp³-hybridized carbons (Fsp3) is 0.211. The number of aromatic nitrogens is 3. The number of nitrogens with zero attached hydrogens (tertiary/aromatic N) is 3. The highest BCUT2D eigenvalue weighted by Gasteiger charge is 2.09. The summed E-state index contributed by atoms with van der Waals surface area (Å²) in [5, 5.41) is 6.39. The van der Waals surface area contributed by atoms with Crippen LogP contribution >= 0.6 is 0 Å². The van der Waals surface area contributed by atoms with Gasteiger partial charge in [-0.25, -0.2) is 9.97 Å². The van der Waals surface area contributed by atoms with Gasteiger partial charge in [0.1, 0.15) is 12.0 Å². The van der Waals surface area contributed by atoms with Gasteiger partial charge in [0.25, 0.3) is 0 Å². The van der Waals surface area contributed by atoms with Gasteiger partial charge < -0.3 is 25.8 Å². The summed E-state index contributed by atoms with van der Waals surface area (Å²) in [6.07, 6.45) is 5.64. The van der Waals surface area contributed by atoms with E-state index < -0.39 is 0 Å². The van der Waals surface area contributed by atoms with Gasteiger partial charge in [0.15, 0.2) is 23.1 Å². The number of hydrogen-bond donors (Lipinski definition) is 3. The third kappa shape index (κ3) is 4.55. The van der Waals surface area contributed by atoms with Crippen molar-refractivity contribution in [3.8, 4) is 11.5 Å². The largest absolute Gasteiger partial charge is 0.493 e. The third-order valence-corrected chi connectivity index (χ3v) is 3.96. The zero-order valence-corrected chi connectivity index (χ0v) is 15.3. The van der Waals surface area contributed by atoms with Gasteiger partial charge in [0, 0.05) is 12.7 Å². The van der Waals surface area contributed by atoms with Crippen molar-refractivity contribution in [2.75, 3.05) is 37.1 Å². The quantitative estimate of drug-likeness (QED) is 0.559. The summed E-state index contributed by atoms with van der Waals surface area (Å²) in [6, 6.07) is 9.57. The predicted molar refractivity (Wildman–Crippen MR) is 106 cm³/mol. The lowest BCUT2D eigenvalue weighted by Crippen LogP contribution is -2.11. The molecule has 0 aliphatic carbocycles. The SMILES string of the molecule is COc1ccc(CCNc2ncnc(Nc3cccnc3)c2N)cc1OC. The highest BCUT2D eigenvalue weighted by Crippen LogP contribution is 2.28. The number of anilines is 4. The molecule has 3 aromatic rings. The molecular weight excluding hydrogens is 344 g/mol. The van der Waals surface area contributed by atoms with E-state index in [0.717, 1.165) is 17.7 Å². The number of hydrogen-bond acceptors (Lipinski definition) is 8. The Labute approximate surface area is 157 Å². The Morgan fingerprint density at radius 3 is 2.59 bits per heavy atom.